The van der Waals surface area contributed by atoms with Gasteiger partial charge >= 0.3 is 17.9 Å². The second-order valence-electron chi connectivity index (χ2n) is 6.48. The fraction of sp³-hybridized carbons (Fsp3) is 0.778. The van der Waals surface area contributed by atoms with Gasteiger partial charge in [-0.2, -0.15) is 0 Å². The van der Waals surface area contributed by atoms with Gasteiger partial charge in [-0.25, -0.2) is 9.59 Å². The molecule has 0 aliphatic carbocycles. The maximum absolute atomic E-state index is 12.6. The SMILES string of the molecule is CCOC(=O)C1CC[NH+](CC(NC(C)=O)(C(=O)OCC)C(=O)OCC)CC1. The van der Waals surface area contributed by atoms with E-state index in [4.69, 9.17) is 14.2 Å². The highest BCUT2D eigenvalue weighted by Gasteiger charge is 2.54. The van der Waals surface area contributed by atoms with E-state index in [0.717, 1.165) is 4.90 Å². The molecule has 0 aromatic rings. The summed E-state index contributed by atoms with van der Waals surface area (Å²) in [6.45, 7) is 7.84. The first-order valence-electron chi connectivity index (χ1n) is 9.44. The van der Waals surface area contributed by atoms with Crippen LogP contribution in [0.25, 0.3) is 0 Å². The maximum atomic E-state index is 12.6. The zero-order valence-corrected chi connectivity index (χ0v) is 16.6. The van der Waals surface area contributed by atoms with Crippen LogP contribution in [0.5, 0.6) is 0 Å². The first kappa shape index (κ1) is 22.9. The highest BCUT2D eigenvalue weighted by Crippen LogP contribution is 2.14. The summed E-state index contributed by atoms with van der Waals surface area (Å²) in [5.41, 5.74) is -1.90. The first-order chi connectivity index (χ1) is 12.8. The van der Waals surface area contributed by atoms with Crippen molar-refractivity contribution in [1.82, 2.24) is 5.32 Å². The standard InChI is InChI=1S/C18H30N2O7/c1-5-25-15(22)14-8-10-20(11-9-14)12-18(19-13(4)21,16(23)26-6-2)17(24)27-7-3/h14H,5-12H2,1-4H3,(H,19,21)/p+1. The van der Waals surface area contributed by atoms with Crippen LogP contribution in [0.1, 0.15) is 40.5 Å². The molecule has 2 N–H and O–H groups in total. The summed E-state index contributed by atoms with van der Waals surface area (Å²) in [6.07, 6.45) is 1.16. The Balaban J connectivity index is 2.96. The van der Waals surface area contributed by atoms with Crippen molar-refractivity contribution in [2.24, 2.45) is 5.92 Å². The van der Waals surface area contributed by atoms with Crippen LogP contribution in [0.4, 0.5) is 0 Å². The van der Waals surface area contributed by atoms with Gasteiger partial charge in [-0.1, -0.05) is 0 Å². The first-order valence-corrected chi connectivity index (χ1v) is 9.44. The lowest BCUT2D eigenvalue weighted by atomic mass is 9.93. The number of rotatable bonds is 9. The van der Waals surface area contributed by atoms with Crippen LogP contribution in [0, 0.1) is 5.92 Å². The number of hydrogen-bond donors (Lipinski definition) is 2. The second-order valence-corrected chi connectivity index (χ2v) is 6.48. The number of piperidine rings is 1. The Hall–Kier alpha value is -2.16. The third-order valence-electron chi connectivity index (χ3n) is 4.47. The Kier molecular flexibility index (Phi) is 9.20. The smallest absolute Gasteiger partial charge is 0.349 e. The molecular formula is C18H31N2O7+. The van der Waals surface area contributed by atoms with E-state index in [-0.39, 0.29) is 31.6 Å². The largest absolute Gasteiger partial charge is 0.466 e. The summed E-state index contributed by atoms with van der Waals surface area (Å²) in [5.74, 6) is -2.61. The minimum Gasteiger partial charge on any atom is -0.466 e. The van der Waals surface area contributed by atoms with Crippen molar-refractivity contribution in [1.29, 1.82) is 0 Å². The van der Waals surface area contributed by atoms with Gasteiger partial charge in [-0.3, -0.25) is 9.59 Å². The predicted molar refractivity (Wildman–Crippen MR) is 94.7 cm³/mol. The molecule has 0 radical (unpaired) electrons. The van der Waals surface area contributed by atoms with Gasteiger partial charge in [0.25, 0.3) is 5.54 Å². The molecule has 1 amide bonds. The molecule has 9 heteroatoms. The molecule has 0 unspecified atom stereocenters. The molecule has 0 saturated carbocycles. The van der Waals surface area contributed by atoms with Crippen LogP contribution < -0.4 is 10.2 Å². The number of ether oxygens (including phenoxy) is 3. The highest BCUT2D eigenvalue weighted by molar-refractivity contribution is 6.07. The normalized spacial score (nSPS) is 19.7. The van der Waals surface area contributed by atoms with Crippen LogP contribution in [0.2, 0.25) is 0 Å². The molecule has 0 aromatic heterocycles. The molecule has 0 spiro atoms. The van der Waals surface area contributed by atoms with Crippen molar-refractivity contribution in [2.45, 2.75) is 46.1 Å². The average molecular weight is 387 g/mol. The predicted octanol–water partition coefficient (Wildman–Crippen LogP) is -1.15. The van der Waals surface area contributed by atoms with Crippen LogP contribution in [0.15, 0.2) is 0 Å². The van der Waals surface area contributed by atoms with Crippen molar-refractivity contribution in [3.63, 3.8) is 0 Å². The van der Waals surface area contributed by atoms with Crippen molar-refractivity contribution in [2.75, 3.05) is 39.5 Å². The highest BCUT2D eigenvalue weighted by atomic mass is 16.6. The monoisotopic (exact) mass is 387 g/mol. The third-order valence-corrected chi connectivity index (χ3v) is 4.47. The lowest BCUT2D eigenvalue weighted by Crippen LogP contribution is -3.16. The lowest BCUT2D eigenvalue weighted by molar-refractivity contribution is -0.907. The number of quaternary nitrogens is 1. The molecule has 1 fully saturated rings. The molecule has 27 heavy (non-hydrogen) atoms. The molecule has 0 atom stereocenters. The van der Waals surface area contributed by atoms with Gasteiger partial charge in [0.2, 0.25) is 5.91 Å². The average Bonchev–Trinajstić information content (AvgIpc) is 2.61. The van der Waals surface area contributed by atoms with Crippen LogP contribution in [-0.2, 0) is 33.4 Å². The number of likely N-dealkylation sites (tertiary alicyclic amines) is 1. The summed E-state index contributed by atoms with van der Waals surface area (Å²) in [7, 11) is 0. The maximum Gasteiger partial charge on any atom is 0.349 e. The molecule has 1 aliphatic heterocycles. The van der Waals surface area contributed by atoms with Gasteiger partial charge in [-0.05, 0) is 20.8 Å². The number of hydrogen-bond acceptors (Lipinski definition) is 7. The minimum atomic E-state index is -1.90. The summed E-state index contributed by atoms with van der Waals surface area (Å²) in [6, 6.07) is 0. The van der Waals surface area contributed by atoms with E-state index in [1.807, 2.05) is 0 Å². The second kappa shape index (κ2) is 10.9. The summed E-state index contributed by atoms with van der Waals surface area (Å²) in [4.78, 5) is 49.8. The Morgan fingerprint density at radius 3 is 1.81 bits per heavy atom. The van der Waals surface area contributed by atoms with E-state index < -0.39 is 23.4 Å². The molecule has 1 aliphatic rings. The number of esters is 3. The summed E-state index contributed by atoms with van der Waals surface area (Å²) < 4.78 is 15.2. The van der Waals surface area contributed by atoms with E-state index >= 15 is 0 Å². The van der Waals surface area contributed by atoms with Crippen LogP contribution >= 0.6 is 0 Å². The van der Waals surface area contributed by atoms with E-state index in [0.29, 0.717) is 32.5 Å². The Labute approximate surface area is 159 Å². The van der Waals surface area contributed by atoms with Crippen LogP contribution in [-0.4, -0.2) is 68.8 Å². The van der Waals surface area contributed by atoms with Crippen molar-refractivity contribution in [3.05, 3.63) is 0 Å². The Bertz CT molecular complexity index is 524. The molecule has 1 saturated heterocycles. The van der Waals surface area contributed by atoms with Gasteiger partial charge in [-0.15, -0.1) is 0 Å². The molecule has 9 nitrogen and oxygen atoms in total. The van der Waals surface area contributed by atoms with E-state index in [2.05, 4.69) is 5.32 Å². The van der Waals surface area contributed by atoms with Crippen molar-refractivity contribution < 1.29 is 38.3 Å². The topological polar surface area (TPSA) is 112 Å². The zero-order chi connectivity index (χ0) is 20.4. The molecule has 154 valence electrons. The van der Waals surface area contributed by atoms with E-state index in [1.54, 1.807) is 20.8 Å². The summed E-state index contributed by atoms with van der Waals surface area (Å²) in [5, 5.41) is 2.46. The molecule has 1 heterocycles. The van der Waals surface area contributed by atoms with Crippen LogP contribution in [0.3, 0.4) is 0 Å². The number of carbonyl (C=O) groups is 4. The lowest BCUT2D eigenvalue weighted by Gasteiger charge is -2.35. The quantitative estimate of drug-likeness (QED) is 0.292. The van der Waals surface area contributed by atoms with E-state index in [9.17, 15) is 19.2 Å². The van der Waals surface area contributed by atoms with E-state index in [1.165, 1.54) is 6.92 Å². The minimum absolute atomic E-state index is 0.000206. The van der Waals surface area contributed by atoms with Gasteiger partial charge in [0.15, 0.2) is 0 Å². The Morgan fingerprint density at radius 1 is 0.926 bits per heavy atom. The molecular weight excluding hydrogens is 356 g/mol. The van der Waals surface area contributed by atoms with Gasteiger partial charge < -0.3 is 24.4 Å². The Morgan fingerprint density at radius 2 is 1.41 bits per heavy atom. The zero-order valence-electron chi connectivity index (χ0n) is 16.6. The van der Waals surface area contributed by atoms with Crippen molar-refractivity contribution >= 4 is 23.8 Å². The number of nitrogens with one attached hydrogen (secondary N) is 2. The third kappa shape index (κ3) is 6.20. The fourth-order valence-corrected chi connectivity index (χ4v) is 3.26. The number of carbonyl (C=O) groups excluding carboxylic acids is 4. The fourth-order valence-electron chi connectivity index (χ4n) is 3.26. The van der Waals surface area contributed by atoms with Gasteiger partial charge in [0, 0.05) is 19.8 Å². The van der Waals surface area contributed by atoms with Gasteiger partial charge in [0.1, 0.15) is 6.54 Å². The number of amides is 1. The molecule has 0 bridgehead atoms. The molecule has 0 aromatic carbocycles. The summed E-state index contributed by atoms with van der Waals surface area (Å²) >= 11 is 0. The van der Waals surface area contributed by atoms with Crippen molar-refractivity contribution in [3.8, 4) is 0 Å². The molecule has 1 rings (SSSR count). The van der Waals surface area contributed by atoms with Gasteiger partial charge in [0.05, 0.1) is 38.8 Å².